The first-order valence-electron chi connectivity index (χ1n) is 9.91. The summed E-state index contributed by atoms with van der Waals surface area (Å²) in [5, 5.41) is 4.04. The number of halogens is 1. The number of carbonyl (C=O) groups is 1. The minimum absolute atomic E-state index is 0.0267. The fourth-order valence-electron chi connectivity index (χ4n) is 3.99. The maximum Gasteiger partial charge on any atom is 0.268 e. The summed E-state index contributed by atoms with van der Waals surface area (Å²) >= 11 is 5.98. The average Bonchev–Trinajstić information content (AvgIpc) is 3.24. The van der Waals surface area contributed by atoms with Crippen molar-refractivity contribution in [2.45, 2.75) is 18.6 Å². The monoisotopic (exact) mass is 399 g/mol. The van der Waals surface area contributed by atoms with Crippen LogP contribution in [0.5, 0.6) is 5.75 Å². The van der Waals surface area contributed by atoms with Crippen molar-refractivity contribution in [1.29, 1.82) is 0 Å². The van der Waals surface area contributed by atoms with Crippen molar-refractivity contribution in [1.82, 2.24) is 15.1 Å². The largest absolute Gasteiger partial charge is 0.476 e. The Morgan fingerprint density at radius 1 is 1.04 bits per heavy atom. The van der Waals surface area contributed by atoms with Gasteiger partial charge in [-0.2, -0.15) is 0 Å². The number of likely N-dealkylation sites (tertiary alicyclic amines) is 1. The van der Waals surface area contributed by atoms with E-state index in [9.17, 15) is 4.79 Å². The number of rotatable bonds is 5. The second-order valence-electron chi connectivity index (χ2n) is 7.38. The van der Waals surface area contributed by atoms with E-state index in [2.05, 4.69) is 10.2 Å². The van der Waals surface area contributed by atoms with Crippen LogP contribution in [0.1, 0.15) is 18.1 Å². The zero-order valence-electron chi connectivity index (χ0n) is 15.9. The van der Waals surface area contributed by atoms with Crippen LogP contribution in [0.4, 0.5) is 0 Å². The number of nitrogens with zero attached hydrogens (tertiary/aromatic N) is 2. The minimum Gasteiger partial charge on any atom is -0.476 e. The Bertz CT molecular complexity index is 778. The van der Waals surface area contributed by atoms with Gasteiger partial charge in [0.05, 0.1) is 0 Å². The van der Waals surface area contributed by atoms with Crippen molar-refractivity contribution in [3.05, 3.63) is 65.2 Å². The number of ether oxygens (including phenoxy) is 1. The molecule has 0 bridgehead atoms. The molecule has 2 aliphatic rings. The molecule has 2 aliphatic heterocycles. The molecule has 0 saturated carbocycles. The van der Waals surface area contributed by atoms with Crippen LogP contribution < -0.4 is 10.1 Å². The molecule has 0 radical (unpaired) electrons. The molecule has 2 unspecified atom stereocenters. The van der Waals surface area contributed by atoms with Gasteiger partial charge in [-0.3, -0.25) is 9.69 Å². The van der Waals surface area contributed by atoms with E-state index in [0.29, 0.717) is 16.8 Å². The van der Waals surface area contributed by atoms with Crippen LogP contribution >= 0.6 is 11.6 Å². The predicted octanol–water partition coefficient (Wildman–Crippen LogP) is 2.97. The third kappa shape index (κ3) is 4.49. The van der Waals surface area contributed by atoms with Crippen LogP contribution in [-0.4, -0.2) is 61.0 Å². The molecule has 0 aliphatic carbocycles. The topological polar surface area (TPSA) is 44.8 Å². The van der Waals surface area contributed by atoms with E-state index in [-0.39, 0.29) is 5.91 Å². The number of carbonyl (C=O) groups excluding carboxylic acids is 1. The van der Waals surface area contributed by atoms with Crippen molar-refractivity contribution in [2.24, 2.45) is 0 Å². The third-order valence-corrected chi connectivity index (χ3v) is 5.79. The SMILES string of the molecule is O=C(C(Oc1ccc(Cl)cc1)c1ccccc1)N1CCC(N2CCNCC2)C1. The van der Waals surface area contributed by atoms with Crippen molar-refractivity contribution < 1.29 is 9.53 Å². The molecule has 28 heavy (non-hydrogen) atoms. The lowest BCUT2D eigenvalue weighted by Gasteiger charge is -2.33. The third-order valence-electron chi connectivity index (χ3n) is 5.54. The molecule has 2 aromatic carbocycles. The highest BCUT2D eigenvalue weighted by molar-refractivity contribution is 6.30. The maximum atomic E-state index is 13.4. The standard InChI is InChI=1S/C22H26ClN3O2/c23-18-6-8-20(9-7-18)28-21(17-4-2-1-3-5-17)22(27)26-13-10-19(16-26)25-14-11-24-12-15-25/h1-9,19,21,24H,10-16H2. The van der Waals surface area contributed by atoms with E-state index in [1.54, 1.807) is 24.3 Å². The zero-order chi connectivity index (χ0) is 19.3. The Hall–Kier alpha value is -2.08. The van der Waals surface area contributed by atoms with Gasteiger partial charge in [-0.1, -0.05) is 41.9 Å². The molecular formula is C22H26ClN3O2. The number of piperazine rings is 1. The van der Waals surface area contributed by atoms with Gasteiger partial charge in [-0.05, 0) is 30.7 Å². The number of amides is 1. The molecule has 1 amide bonds. The van der Waals surface area contributed by atoms with Gasteiger partial charge in [0, 0.05) is 55.9 Å². The fraction of sp³-hybridized carbons (Fsp3) is 0.409. The summed E-state index contributed by atoms with van der Waals surface area (Å²) in [6, 6.07) is 17.3. The highest BCUT2D eigenvalue weighted by Gasteiger charge is 2.35. The van der Waals surface area contributed by atoms with Crippen LogP contribution in [0, 0.1) is 0 Å². The van der Waals surface area contributed by atoms with Crippen LogP contribution in [0.15, 0.2) is 54.6 Å². The molecule has 0 aromatic heterocycles. The van der Waals surface area contributed by atoms with E-state index < -0.39 is 6.10 Å². The zero-order valence-corrected chi connectivity index (χ0v) is 16.6. The molecular weight excluding hydrogens is 374 g/mol. The van der Waals surface area contributed by atoms with Gasteiger partial charge in [-0.15, -0.1) is 0 Å². The van der Waals surface area contributed by atoms with Crippen LogP contribution in [0.2, 0.25) is 5.02 Å². The van der Waals surface area contributed by atoms with E-state index >= 15 is 0 Å². The molecule has 6 heteroatoms. The molecule has 2 saturated heterocycles. The van der Waals surface area contributed by atoms with Crippen molar-refractivity contribution in [3.8, 4) is 5.75 Å². The summed E-state index contributed by atoms with van der Waals surface area (Å²) in [4.78, 5) is 17.8. The summed E-state index contributed by atoms with van der Waals surface area (Å²) in [6.07, 6.45) is 0.373. The van der Waals surface area contributed by atoms with Crippen molar-refractivity contribution in [3.63, 3.8) is 0 Å². The lowest BCUT2D eigenvalue weighted by Crippen LogP contribution is -2.49. The highest BCUT2D eigenvalue weighted by Crippen LogP contribution is 2.27. The van der Waals surface area contributed by atoms with Gasteiger partial charge in [0.2, 0.25) is 6.10 Å². The number of hydrogen-bond donors (Lipinski definition) is 1. The second-order valence-corrected chi connectivity index (χ2v) is 7.81. The molecule has 4 rings (SSSR count). The van der Waals surface area contributed by atoms with Gasteiger partial charge in [0.1, 0.15) is 5.75 Å². The fourth-order valence-corrected chi connectivity index (χ4v) is 4.12. The Balaban J connectivity index is 1.49. The number of nitrogens with one attached hydrogen (secondary N) is 1. The quantitative estimate of drug-likeness (QED) is 0.839. The molecule has 1 N–H and O–H groups in total. The minimum atomic E-state index is -0.649. The summed E-state index contributed by atoms with van der Waals surface area (Å²) < 4.78 is 6.14. The van der Waals surface area contributed by atoms with Crippen LogP contribution in [0.3, 0.4) is 0 Å². The first-order valence-corrected chi connectivity index (χ1v) is 10.3. The van der Waals surface area contributed by atoms with Gasteiger partial charge in [0.25, 0.3) is 5.91 Å². The van der Waals surface area contributed by atoms with Gasteiger partial charge in [-0.25, -0.2) is 0 Å². The molecule has 2 atom stereocenters. The molecule has 0 spiro atoms. The lowest BCUT2D eigenvalue weighted by molar-refractivity contribution is -0.138. The Kier molecular flexibility index (Phi) is 6.15. The summed E-state index contributed by atoms with van der Waals surface area (Å²) in [5.74, 6) is 0.670. The van der Waals surface area contributed by atoms with Gasteiger partial charge >= 0.3 is 0 Å². The van der Waals surface area contributed by atoms with Crippen molar-refractivity contribution in [2.75, 3.05) is 39.3 Å². The summed E-state index contributed by atoms with van der Waals surface area (Å²) in [5.41, 5.74) is 0.869. The highest BCUT2D eigenvalue weighted by atomic mass is 35.5. The van der Waals surface area contributed by atoms with Crippen LogP contribution in [0.25, 0.3) is 0 Å². The first-order chi connectivity index (χ1) is 13.7. The predicted molar refractivity (Wildman–Crippen MR) is 111 cm³/mol. The van der Waals surface area contributed by atoms with Crippen LogP contribution in [-0.2, 0) is 4.79 Å². The van der Waals surface area contributed by atoms with Crippen molar-refractivity contribution >= 4 is 17.5 Å². The number of benzene rings is 2. The molecule has 148 valence electrons. The number of hydrogen-bond acceptors (Lipinski definition) is 4. The Morgan fingerprint density at radius 3 is 2.46 bits per heavy atom. The molecule has 2 aromatic rings. The Labute approximate surface area is 171 Å². The summed E-state index contributed by atoms with van der Waals surface area (Å²) in [7, 11) is 0. The average molecular weight is 400 g/mol. The molecule has 5 nitrogen and oxygen atoms in total. The summed E-state index contributed by atoms with van der Waals surface area (Å²) in [6.45, 7) is 5.70. The smallest absolute Gasteiger partial charge is 0.268 e. The maximum absolute atomic E-state index is 13.4. The van der Waals surface area contributed by atoms with E-state index in [1.807, 2.05) is 35.2 Å². The molecule has 2 fully saturated rings. The Morgan fingerprint density at radius 2 is 1.75 bits per heavy atom. The lowest BCUT2D eigenvalue weighted by atomic mass is 10.1. The van der Waals surface area contributed by atoms with E-state index in [1.165, 1.54) is 0 Å². The first kappa shape index (κ1) is 19.2. The second kappa shape index (κ2) is 8.95. The van der Waals surface area contributed by atoms with E-state index in [0.717, 1.165) is 51.3 Å². The van der Waals surface area contributed by atoms with Gasteiger partial charge in [0.15, 0.2) is 0 Å². The normalized spacial score (nSPS) is 21.5. The molecule has 2 heterocycles. The van der Waals surface area contributed by atoms with E-state index in [4.69, 9.17) is 16.3 Å². The van der Waals surface area contributed by atoms with Gasteiger partial charge < -0.3 is 15.0 Å².